The molecule has 1 fully saturated rings. The Morgan fingerprint density at radius 1 is 0.571 bits per heavy atom. The highest BCUT2D eigenvalue weighted by molar-refractivity contribution is 5.68. The van der Waals surface area contributed by atoms with Gasteiger partial charge in [0.2, 0.25) is 0 Å². The molecule has 190 valence electrons. The van der Waals surface area contributed by atoms with Gasteiger partial charge in [0.1, 0.15) is 13.2 Å². The highest BCUT2D eigenvalue weighted by Crippen LogP contribution is 2.06. The minimum absolute atomic E-state index is 0.200. The van der Waals surface area contributed by atoms with E-state index in [1.54, 1.807) is 9.80 Å². The van der Waals surface area contributed by atoms with E-state index in [2.05, 4.69) is 0 Å². The fourth-order valence-electron chi connectivity index (χ4n) is 3.33. The minimum atomic E-state index is -0.423. The molecule has 0 saturated carbocycles. The van der Waals surface area contributed by atoms with Crippen molar-refractivity contribution in [2.24, 2.45) is 0 Å². The fraction of sp³-hybridized carbons (Fsp3) is 0.462. The number of carbonyl (C=O) groups is 2. The van der Waals surface area contributed by atoms with Gasteiger partial charge in [0.15, 0.2) is 0 Å². The lowest BCUT2D eigenvalue weighted by Crippen LogP contribution is -2.38. The SMILES string of the molecule is O=C(OCc1ccccc1)N1CCOCCOCCN(C(=O)OCc2ccccc2)CCOCC1. The number of hydrogen-bond acceptors (Lipinski definition) is 7. The van der Waals surface area contributed by atoms with Crippen LogP contribution < -0.4 is 0 Å². The van der Waals surface area contributed by atoms with Gasteiger partial charge in [0, 0.05) is 26.2 Å². The van der Waals surface area contributed by atoms with Gasteiger partial charge in [-0.2, -0.15) is 0 Å². The smallest absolute Gasteiger partial charge is 0.410 e. The van der Waals surface area contributed by atoms with E-state index in [1.807, 2.05) is 60.7 Å². The number of nitrogens with zero attached hydrogens (tertiary/aromatic N) is 2. The number of benzene rings is 2. The van der Waals surface area contributed by atoms with E-state index in [0.717, 1.165) is 11.1 Å². The summed E-state index contributed by atoms with van der Waals surface area (Å²) >= 11 is 0. The maximum Gasteiger partial charge on any atom is 0.410 e. The Morgan fingerprint density at radius 3 is 1.29 bits per heavy atom. The molecule has 1 aliphatic rings. The van der Waals surface area contributed by atoms with E-state index in [9.17, 15) is 9.59 Å². The summed E-state index contributed by atoms with van der Waals surface area (Å²) in [7, 11) is 0. The van der Waals surface area contributed by atoms with E-state index in [0.29, 0.717) is 65.8 Å². The summed E-state index contributed by atoms with van der Waals surface area (Å²) in [6, 6.07) is 19.0. The van der Waals surface area contributed by atoms with Crippen molar-refractivity contribution in [1.82, 2.24) is 9.80 Å². The van der Waals surface area contributed by atoms with Crippen molar-refractivity contribution in [3.63, 3.8) is 0 Å². The lowest BCUT2D eigenvalue weighted by Gasteiger charge is -2.23. The van der Waals surface area contributed by atoms with Crippen LogP contribution in [-0.4, -0.2) is 87.8 Å². The number of carbonyl (C=O) groups excluding carboxylic acids is 2. The summed E-state index contributed by atoms with van der Waals surface area (Å²) in [5, 5.41) is 0. The predicted octanol–water partition coefficient (Wildman–Crippen LogP) is 3.33. The van der Waals surface area contributed by atoms with Gasteiger partial charge in [-0.05, 0) is 11.1 Å². The highest BCUT2D eigenvalue weighted by atomic mass is 16.6. The molecule has 0 radical (unpaired) electrons. The highest BCUT2D eigenvalue weighted by Gasteiger charge is 2.17. The molecular formula is C26H34N2O7. The molecule has 0 aromatic heterocycles. The quantitative estimate of drug-likeness (QED) is 0.655. The third kappa shape index (κ3) is 10.3. The standard InChI is InChI=1S/C26H34N2O7/c29-25(34-21-23-7-3-1-4-8-23)27-11-15-31-16-12-28(14-18-33-20-19-32-17-13-27)26(30)35-22-24-9-5-2-6-10-24/h1-10H,11-22H2. The first-order chi connectivity index (χ1) is 17.2. The van der Waals surface area contributed by atoms with Crippen molar-refractivity contribution in [2.45, 2.75) is 13.2 Å². The Labute approximate surface area is 206 Å². The van der Waals surface area contributed by atoms with Gasteiger partial charge in [-0.1, -0.05) is 60.7 Å². The summed E-state index contributed by atoms with van der Waals surface area (Å²) in [6.07, 6.45) is -0.847. The lowest BCUT2D eigenvalue weighted by atomic mass is 10.2. The monoisotopic (exact) mass is 486 g/mol. The summed E-state index contributed by atoms with van der Waals surface area (Å²) in [4.78, 5) is 28.3. The van der Waals surface area contributed by atoms with E-state index in [4.69, 9.17) is 23.7 Å². The molecule has 2 aromatic rings. The molecule has 0 N–H and O–H groups in total. The van der Waals surface area contributed by atoms with Gasteiger partial charge in [0.05, 0.1) is 39.6 Å². The van der Waals surface area contributed by atoms with E-state index >= 15 is 0 Å². The molecule has 1 heterocycles. The van der Waals surface area contributed by atoms with Crippen molar-refractivity contribution in [2.75, 3.05) is 65.8 Å². The Hall–Kier alpha value is -3.14. The largest absolute Gasteiger partial charge is 0.445 e. The third-order valence-electron chi connectivity index (χ3n) is 5.32. The van der Waals surface area contributed by atoms with E-state index in [1.165, 1.54) is 0 Å². The number of amides is 2. The van der Waals surface area contributed by atoms with E-state index < -0.39 is 12.2 Å². The Balaban J connectivity index is 1.47. The first-order valence-corrected chi connectivity index (χ1v) is 11.9. The van der Waals surface area contributed by atoms with Crippen LogP contribution in [0, 0.1) is 0 Å². The van der Waals surface area contributed by atoms with Gasteiger partial charge in [-0.25, -0.2) is 9.59 Å². The van der Waals surface area contributed by atoms with Crippen LogP contribution in [0.5, 0.6) is 0 Å². The molecule has 1 saturated heterocycles. The molecule has 2 aromatic carbocycles. The second kappa shape index (κ2) is 15.7. The molecular weight excluding hydrogens is 452 g/mol. The number of ether oxygens (including phenoxy) is 5. The zero-order valence-corrected chi connectivity index (χ0v) is 20.0. The summed E-state index contributed by atoms with van der Waals surface area (Å²) in [5.41, 5.74) is 1.84. The molecule has 0 spiro atoms. The second-order valence-corrected chi connectivity index (χ2v) is 7.89. The van der Waals surface area contributed by atoms with Gasteiger partial charge in [-0.3, -0.25) is 0 Å². The Bertz CT molecular complexity index is 795. The van der Waals surface area contributed by atoms with Crippen LogP contribution in [-0.2, 0) is 36.9 Å². The third-order valence-corrected chi connectivity index (χ3v) is 5.32. The number of hydrogen-bond donors (Lipinski definition) is 0. The zero-order valence-electron chi connectivity index (χ0n) is 20.0. The average Bonchev–Trinajstić information content (AvgIpc) is 2.91. The van der Waals surface area contributed by atoms with Crippen LogP contribution in [0.2, 0.25) is 0 Å². The molecule has 0 unspecified atom stereocenters. The van der Waals surface area contributed by atoms with Gasteiger partial charge < -0.3 is 33.5 Å². The van der Waals surface area contributed by atoms with Gasteiger partial charge in [0.25, 0.3) is 0 Å². The van der Waals surface area contributed by atoms with Crippen molar-refractivity contribution in [3.05, 3.63) is 71.8 Å². The average molecular weight is 487 g/mol. The topological polar surface area (TPSA) is 86.8 Å². The van der Waals surface area contributed by atoms with Crippen LogP contribution in [0.1, 0.15) is 11.1 Å². The fourth-order valence-corrected chi connectivity index (χ4v) is 3.33. The first kappa shape index (κ1) is 26.5. The summed E-state index contributed by atoms with van der Waals surface area (Å²) in [5.74, 6) is 0. The maximum absolute atomic E-state index is 12.6. The van der Waals surface area contributed by atoms with Crippen LogP contribution in [0.25, 0.3) is 0 Å². The normalized spacial score (nSPS) is 16.6. The maximum atomic E-state index is 12.6. The molecule has 2 amide bonds. The van der Waals surface area contributed by atoms with Crippen molar-refractivity contribution >= 4 is 12.2 Å². The lowest BCUT2D eigenvalue weighted by molar-refractivity contribution is 0.0275. The Morgan fingerprint density at radius 2 is 0.914 bits per heavy atom. The molecule has 0 bridgehead atoms. The van der Waals surface area contributed by atoms with Crippen molar-refractivity contribution in [1.29, 1.82) is 0 Å². The predicted molar refractivity (Wildman–Crippen MR) is 129 cm³/mol. The molecule has 35 heavy (non-hydrogen) atoms. The van der Waals surface area contributed by atoms with Crippen LogP contribution in [0.3, 0.4) is 0 Å². The molecule has 0 aliphatic carbocycles. The van der Waals surface area contributed by atoms with Crippen LogP contribution in [0.4, 0.5) is 9.59 Å². The molecule has 3 rings (SSSR count). The molecule has 0 atom stereocenters. The minimum Gasteiger partial charge on any atom is -0.445 e. The van der Waals surface area contributed by atoms with Crippen molar-refractivity contribution < 1.29 is 33.3 Å². The molecule has 9 heteroatoms. The van der Waals surface area contributed by atoms with E-state index in [-0.39, 0.29) is 13.2 Å². The molecule has 1 aliphatic heterocycles. The summed E-state index contributed by atoms with van der Waals surface area (Å²) in [6.45, 7) is 4.00. The second-order valence-electron chi connectivity index (χ2n) is 7.89. The summed E-state index contributed by atoms with van der Waals surface area (Å²) < 4.78 is 27.8. The van der Waals surface area contributed by atoms with Gasteiger partial charge >= 0.3 is 12.2 Å². The number of rotatable bonds is 4. The van der Waals surface area contributed by atoms with Crippen molar-refractivity contribution in [3.8, 4) is 0 Å². The molecule has 9 nitrogen and oxygen atoms in total. The van der Waals surface area contributed by atoms with Gasteiger partial charge in [-0.15, -0.1) is 0 Å². The van der Waals surface area contributed by atoms with Crippen LogP contribution in [0.15, 0.2) is 60.7 Å². The Kier molecular flexibility index (Phi) is 11.9. The van der Waals surface area contributed by atoms with Crippen LogP contribution >= 0.6 is 0 Å². The zero-order chi connectivity index (χ0) is 24.6. The first-order valence-electron chi connectivity index (χ1n) is 11.9.